The number of unbranched alkanes of at least 4 members (excludes halogenated alkanes) is 1. The highest BCUT2D eigenvalue weighted by atomic mass is 35.5. The number of nitro groups is 1. The summed E-state index contributed by atoms with van der Waals surface area (Å²) in [7, 11) is 0. The van der Waals surface area contributed by atoms with Gasteiger partial charge >= 0.3 is 0 Å². The van der Waals surface area contributed by atoms with E-state index in [1.54, 1.807) is 36.4 Å². The van der Waals surface area contributed by atoms with Gasteiger partial charge in [-0.3, -0.25) is 19.7 Å². The van der Waals surface area contributed by atoms with Gasteiger partial charge < -0.3 is 16.0 Å². The van der Waals surface area contributed by atoms with E-state index in [1.165, 1.54) is 6.07 Å². The largest absolute Gasteiger partial charge is 0.350 e. The van der Waals surface area contributed by atoms with Crippen molar-refractivity contribution in [1.29, 1.82) is 0 Å². The van der Waals surface area contributed by atoms with E-state index >= 15 is 0 Å². The Bertz CT molecular complexity index is 1600. The highest BCUT2D eigenvalue weighted by molar-refractivity contribution is 6.30. The molecule has 0 bridgehead atoms. The normalized spacial score (nSPS) is 16.1. The topological polar surface area (TPSA) is 113 Å². The summed E-state index contributed by atoms with van der Waals surface area (Å²) in [5, 5.41) is 21.1. The summed E-state index contributed by atoms with van der Waals surface area (Å²) in [6.45, 7) is 1.06. The molecule has 0 aliphatic heterocycles. The van der Waals surface area contributed by atoms with Crippen LogP contribution in [0.2, 0.25) is 5.02 Å². The Morgan fingerprint density at radius 1 is 0.886 bits per heavy atom. The highest BCUT2D eigenvalue weighted by Gasteiger charge is 2.38. The molecule has 5 rings (SSSR count). The SMILES string of the molecule is O=C(NC(CCCCN[C@@H]1C[C@H]1c1cccc([N+](=O)[O-])c1)C(=O)NCc1cccc(Cl)c1)c1ccc(-c2ccccc2)cc1. The van der Waals surface area contributed by atoms with Gasteiger partial charge in [0.05, 0.1) is 4.92 Å². The third-order valence-electron chi connectivity index (χ3n) is 7.86. The number of hydrogen-bond donors (Lipinski definition) is 3. The van der Waals surface area contributed by atoms with Gasteiger partial charge in [-0.1, -0.05) is 78.3 Å². The molecule has 4 aromatic carbocycles. The summed E-state index contributed by atoms with van der Waals surface area (Å²) in [4.78, 5) is 37.2. The lowest BCUT2D eigenvalue weighted by molar-refractivity contribution is -0.384. The van der Waals surface area contributed by atoms with E-state index in [4.69, 9.17) is 11.6 Å². The molecule has 0 heterocycles. The minimum Gasteiger partial charge on any atom is -0.350 e. The van der Waals surface area contributed by atoms with E-state index < -0.39 is 6.04 Å². The average Bonchev–Trinajstić information content (AvgIpc) is 3.83. The lowest BCUT2D eigenvalue weighted by atomic mass is 10.0. The number of nitro benzene ring substituents is 1. The molecule has 0 saturated heterocycles. The van der Waals surface area contributed by atoms with Gasteiger partial charge in [0.1, 0.15) is 6.04 Å². The predicted octanol–water partition coefficient (Wildman–Crippen LogP) is 6.65. The highest BCUT2D eigenvalue weighted by Crippen LogP contribution is 2.41. The summed E-state index contributed by atoms with van der Waals surface area (Å²) in [6.07, 6.45) is 2.96. The van der Waals surface area contributed by atoms with Gasteiger partial charge in [-0.25, -0.2) is 0 Å². The maximum Gasteiger partial charge on any atom is 0.269 e. The number of hydrogen-bond acceptors (Lipinski definition) is 5. The number of amides is 2. The van der Waals surface area contributed by atoms with Gasteiger partial charge in [0.2, 0.25) is 5.91 Å². The van der Waals surface area contributed by atoms with Gasteiger partial charge in [0.25, 0.3) is 11.6 Å². The Morgan fingerprint density at radius 2 is 1.64 bits per heavy atom. The monoisotopic (exact) mass is 610 g/mol. The first-order valence-corrected chi connectivity index (χ1v) is 15.2. The van der Waals surface area contributed by atoms with Crippen LogP contribution in [0, 0.1) is 10.1 Å². The minimum absolute atomic E-state index is 0.113. The smallest absolute Gasteiger partial charge is 0.269 e. The molecule has 2 amide bonds. The molecule has 9 heteroatoms. The molecule has 1 unspecified atom stereocenters. The van der Waals surface area contributed by atoms with Crippen LogP contribution in [0.5, 0.6) is 0 Å². The lowest BCUT2D eigenvalue weighted by Gasteiger charge is -2.19. The maximum atomic E-state index is 13.2. The summed E-state index contributed by atoms with van der Waals surface area (Å²) >= 11 is 6.09. The van der Waals surface area contributed by atoms with Crippen LogP contribution in [0.25, 0.3) is 11.1 Å². The molecule has 0 spiro atoms. The number of nitrogens with one attached hydrogen (secondary N) is 3. The van der Waals surface area contributed by atoms with E-state index in [0.29, 0.717) is 23.6 Å². The zero-order valence-corrected chi connectivity index (χ0v) is 25.0. The van der Waals surface area contributed by atoms with Gasteiger partial charge in [0.15, 0.2) is 0 Å². The Labute approximate surface area is 262 Å². The second-order valence-electron chi connectivity index (χ2n) is 11.1. The number of carbonyl (C=O) groups is 2. The summed E-state index contributed by atoms with van der Waals surface area (Å²) in [5.74, 6) is -0.281. The molecule has 3 N–H and O–H groups in total. The van der Waals surface area contributed by atoms with Crippen LogP contribution in [-0.2, 0) is 11.3 Å². The van der Waals surface area contributed by atoms with Crippen molar-refractivity contribution in [2.24, 2.45) is 0 Å². The molecule has 0 aromatic heterocycles. The molecule has 1 aliphatic carbocycles. The summed E-state index contributed by atoms with van der Waals surface area (Å²) < 4.78 is 0. The van der Waals surface area contributed by atoms with E-state index in [0.717, 1.165) is 48.1 Å². The molecule has 3 atom stereocenters. The van der Waals surface area contributed by atoms with Crippen LogP contribution in [0.4, 0.5) is 5.69 Å². The van der Waals surface area contributed by atoms with E-state index in [-0.39, 0.29) is 34.4 Å². The number of benzene rings is 4. The predicted molar refractivity (Wildman–Crippen MR) is 173 cm³/mol. The van der Waals surface area contributed by atoms with Gasteiger partial charge in [-0.05, 0) is 78.7 Å². The number of halogens is 1. The molecule has 1 fully saturated rings. The first kappa shape index (κ1) is 30.9. The van der Waals surface area contributed by atoms with Crippen molar-refractivity contribution in [1.82, 2.24) is 16.0 Å². The standard InChI is InChI=1S/C35H35ClN4O4/c36-29-12-6-8-24(20-29)23-38-35(42)32(39-34(41)27-17-15-26(16-18-27)25-9-2-1-3-10-25)14-4-5-19-37-33-22-31(33)28-11-7-13-30(21-28)40(43)44/h1-3,6-13,15-18,20-21,31-33,37H,4-5,14,19,22-23H2,(H,38,42)(H,39,41)/t31-,32?,33+/m0/s1. The number of rotatable bonds is 14. The molecule has 1 saturated carbocycles. The fourth-order valence-electron chi connectivity index (χ4n) is 5.33. The maximum absolute atomic E-state index is 13.2. The quantitative estimate of drug-likeness (QED) is 0.0841. The fraction of sp³-hybridized carbons (Fsp3) is 0.257. The zero-order chi connectivity index (χ0) is 30.9. The van der Waals surface area contributed by atoms with Crippen LogP contribution in [0.15, 0.2) is 103 Å². The summed E-state index contributed by atoms with van der Waals surface area (Å²) in [6, 6.07) is 31.0. The number of carbonyl (C=O) groups excluding carboxylic acids is 2. The molecule has 1 aliphatic rings. The van der Waals surface area contributed by atoms with Crippen LogP contribution in [0.3, 0.4) is 0 Å². The van der Waals surface area contributed by atoms with Crippen LogP contribution in [-0.4, -0.2) is 35.4 Å². The number of non-ortho nitro benzene ring substituents is 1. The Hall–Kier alpha value is -4.53. The molecule has 44 heavy (non-hydrogen) atoms. The second-order valence-corrected chi connectivity index (χ2v) is 11.5. The Morgan fingerprint density at radius 3 is 2.39 bits per heavy atom. The Kier molecular flexibility index (Phi) is 10.4. The fourth-order valence-corrected chi connectivity index (χ4v) is 5.55. The van der Waals surface area contributed by atoms with Crippen molar-refractivity contribution >= 4 is 29.1 Å². The van der Waals surface area contributed by atoms with Crippen molar-refractivity contribution in [2.45, 2.75) is 50.2 Å². The third kappa shape index (κ3) is 8.52. The third-order valence-corrected chi connectivity index (χ3v) is 8.09. The molecule has 4 aromatic rings. The molecular formula is C35H35ClN4O4. The van der Waals surface area contributed by atoms with Crippen LogP contribution in [0.1, 0.15) is 53.1 Å². The number of nitrogens with zero attached hydrogens (tertiary/aromatic N) is 1. The summed E-state index contributed by atoms with van der Waals surface area (Å²) in [5.41, 5.74) is 4.52. The van der Waals surface area contributed by atoms with Crippen molar-refractivity contribution in [3.8, 4) is 11.1 Å². The first-order valence-electron chi connectivity index (χ1n) is 14.8. The van der Waals surface area contributed by atoms with Crippen molar-refractivity contribution in [3.05, 3.63) is 135 Å². The molecular weight excluding hydrogens is 576 g/mol. The average molecular weight is 611 g/mol. The molecule has 8 nitrogen and oxygen atoms in total. The van der Waals surface area contributed by atoms with Gasteiger partial charge in [-0.15, -0.1) is 0 Å². The van der Waals surface area contributed by atoms with Crippen LogP contribution < -0.4 is 16.0 Å². The van der Waals surface area contributed by atoms with Crippen molar-refractivity contribution in [3.63, 3.8) is 0 Å². The van der Waals surface area contributed by atoms with E-state index in [9.17, 15) is 19.7 Å². The zero-order valence-electron chi connectivity index (χ0n) is 24.2. The first-order chi connectivity index (χ1) is 21.4. The molecule has 226 valence electrons. The van der Waals surface area contributed by atoms with E-state index in [2.05, 4.69) is 16.0 Å². The van der Waals surface area contributed by atoms with E-state index in [1.807, 2.05) is 60.7 Å². The minimum atomic E-state index is -0.700. The van der Waals surface area contributed by atoms with Gasteiger partial charge in [-0.2, -0.15) is 0 Å². The Balaban J connectivity index is 1.14. The molecule has 0 radical (unpaired) electrons. The van der Waals surface area contributed by atoms with Crippen LogP contribution >= 0.6 is 11.6 Å². The second kappa shape index (κ2) is 14.8. The lowest BCUT2D eigenvalue weighted by Crippen LogP contribution is -2.46. The van der Waals surface area contributed by atoms with Crippen molar-refractivity contribution in [2.75, 3.05) is 6.54 Å². The van der Waals surface area contributed by atoms with Crippen molar-refractivity contribution < 1.29 is 14.5 Å². The van der Waals surface area contributed by atoms with Gasteiger partial charge in [0, 0.05) is 41.2 Å².